The molecule has 108 valence electrons. The normalized spacial score (nSPS) is 12.7. The first kappa shape index (κ1) is 14.2. The first-order valence-electron chi connectivity index (χ1n) is 5.14. The van der Waals surface area contributed by atoms with Crippen molar-refractivity contribution in [1.29, 1.82) is 0 Å². The molecule has 2 rings (SSSR count). The molecule has 2 N–H and O–H groups in total. The Balaban J connectivity index is 2.62. The van der Waals surface area contributed by atoms with E-state index in [0.717, 1.165) is 12.1 Å². The minimum atomic E-state index is -5.05. The fourth-order valence-corrected chi connectivity index (χ4v) is 1.51. The van der Waals surface area contributed by atoms with E-state index in [4.69, 9.17) is 5.73 Å². The summed E-state index contributed by atoms with van der Waals surface area (Å²) >= 11 is 0. The van der Waals surface area contributed by atoms with E-state index in [1.54, 1.807) is 0 Å². The van der Waals surface area contributed by atoms with Crippen molar-refractivity contribution in [3.05, 3.63) is 35.8 Å². The van der Waals surface area contributed by atoms with Crippen LogP contribution in [0.1, 0.15) is 11.5 Å². The van der Waals surface area contributed by atoms with E-state index in [9.17, 15) is 26.3 Å². The van der Waals surface area contributed by atoms with Gasteiger partial charge in [-0.25, -0.2) is 0 Å². The van der Waals surface area contributed by atoms with Crippen LogP contribution in [0.4, 0.5) is 32.0 Å². The second kappa shape index (κ2) is 4.43. The zero-order valence-electron chi connectivity index (χ0n) is 9.55. The van der Waals surface area contributed by atoms with E-state index < -0.39 is 29.6 Å². The molecule has 0 fully saturated rings. The summed E-state index contributed by atoms with van der Waals surface area (Å²) in [6.45, 7) is 0. The zero-order chi connectivity index (χ0) is 15.1. The van der Waals surface area contributed by atoms with Crippen LogP contribution in [0.15, 0.2) is 24.3 Å². The number of rotatable bonds is 1. The van der Waals surface area contributed by atoms with Gasteiger partial charge in [0.2, 0.25) is 0 Å². The van der Waals surface area contributed by atoms with Crippen LogP contribution in [0, 0.1) is 0 Å². The Morgan fingerprint density at radius 3 is 1.90 bits per heavy atom. The summed E-state index contributed by atoms with van der Waals surface area (Å²) in [6.07, 6.45) is -10.1. The Hall–Kier alpha value is -2.19. The van der Waals surface area contributed by atoms with E-state index in [0.29, 0.717) is 0 Å². The van der Waals surface area contributed by atoms with Gasteiger partial charge in [0.1, 0.15) is 0 Å². The molecular weight excluding hydrogens is 288 g/mol. The Labute approximate surface area is 108 Å². The number of imidazole rings is 1. The van der Waals surface area contributed by atoms with Gasteiger partial charge in [0.25, 0.3) is 0 Å². The van der Waals surface area contributed by atoms with Gasteiger partial charge in [-0.3, -0.25) is 0 Å². The third kappa shape index (κ3) is 2.70. The van der Waals surface area contributed by atoms with Crippen LogP contribution in [0.5, 0.6) is 0 Å². The number of aromatic nitrogens is 2. The van der Waals surface area contributed by atoms with Crippen LogP contribution in [-0.2, 0) is 12.4 Å². The third-order valence-electron chi connectivity index (χ3n) is 2.37. The molecular formula is C11H6F6N3-. The first-order valence-corrected chi connectivity index (χ1v) is 5.14. The lowest BCUT2D eigenvalue weighted by molar-refractivity contribution is -0.149. The summed E-state index contributed by atoms with van der Waals surface area (Å²) in [5.74, 6) is -1.82. The van der Waals surface area contributed by atoms with Gasteiger partial charge in [-0.1, -0.05) is 12.1 Å². The average molecular weight is 294 g/mol. The monoisotopic (exact) mass is 294 g/mol. The van der Waals surface area contributed by atoms with E-state index in [1.807, 2.05) is 0 Å². The summed E-state index contributed by atoms with van der Waals surface area (Å²) in [5, 5.41) is 0. The van der Waals surface area contributed by atoms with Gasteiger partial charge in [0.15, 0.2) is 0 Å². The van der Waals surface area contributed by atoms with Gasteiger partial charge in [0, 0.05) is 17.2 Å². The number of nitrogens with zero attached hydrogens (tertiary/aromatic N) is 2. The van der Waals surface area contributed by atoms with Crippen molar-refractivity contribution < 1.29 is 26.3 Å². The molecule has 0 unspecified atom stereocenters. The van der Waals surface area contributed by atoms with Crippen molar-refractivity contribution >= 4 is 5.69 Å². The summed E-state index contributed by atoms with van der Waals surface area (Å²) < 4.78 is 75.5. The summed E-state index contributed by atoms with van der Waals surface area (Å²) in [6, 6.07) is 4.82. The lowest BCUT2D eigenvalue weighted by Gasteiger charge is -2.12. The average Bonchev–Trinajstić information content (AvgIpc) is 2.74. The minimum absolute atomic E-state index is 0.144. The molecule has 9 heteroatoms. The van der Waals surface area contributed by atoms with Gasteiger partial charge in [-0.15, -0.1) is 0 Å². The number of nitrogens with two attached hydrogens (primary N) is 1. The summed E-state index contributed by atoms with van der Waals surface area (Å²) in [4.78, 5) is 5.51. The maximum absolute atomic E-state index is 12.7. The SMILES string of the molecule is Nc1ccc(-c2[n-]c(C(F)(F)F)nc2C(F)(F)F)cc1. The summed E-state index contributed by atoms with van der Waals surface area (Å²) in [7, 11) is 0. The number of halogens is 6. The fraction of sp³-hybridized carbons (Fsp3) is 0.182. The molecule has 3 nitrogen and oxygen atoms in total. The van der Waals surface area contributed by atoms with Crippen molar-refractivity contribution in [2.75, 3.05) is 5.73 Å². The molecule has 0 spiro atoms. The van der Waals surface area contributed by atoms with E-state index >= 15 is 0 Å². The quantitative estimate of drug-likeness (QED) is 0.648. The molecule has 0 radical (unpaired) electrons. The van der Waals surface area contributed by atoms with Crippen molar-refractivity contribution in [3.63, 3.8) is 0 Å². The standard InChI is InChI=1S/C11H6F6N3/c12-10(13,14)8-7(5-1-3-6(18)4-2-5)19-9(20-8)11(15,16)17/h1-4H,18H2/q-1. The number of anilines is 1. The smallest absolute Gasteiger partial charge is 0.412 e. The predicted octanol–water partition coefficient (Wildman–Crippen LogP) is 3.33. The number of benzene rings is 1. The molecule has 0 aliphatic heterocycles. The highest BCUT2D eigenvalue weighted by atomic mass is 19.4. The predicted molar refractivity (Wildman–Crippen MR) is 57.4 cm³/mol. The number of hydrogen-bond donors (Lipinski definition) is 1. The highest BCUT2D eigenvalue weighted by molar-refractivity contribution is 5.65. The van der Waals surface area contributed by atoms with Crippen LogP contribution >= 0.6 is 0 Å². The molecule has 1 heterocycles. The molecule has 0 bridgehead atoms. The molecule has 1 aromatic heterocycles. The molecule has 20 heavy (non-hydrogen) atoms. The highest BCUT2D eigenvalue weighted by Gasteiger charge is 2.36. The number of hydrogen-bond acceptors (Lipinski definition) is 2. The molecule has 0 saturated heterocycles. The lowest BCUT2D eigenvalue weighted by atomic mass is 10.1. The van der Waals surface area contributed by atoms with Gasteiger partial charge >= 0.3 is 12.4 Å². The lowest BCUT2D eigenvalue weighted by Crippen LogP contribution is -2.10. The molecule has 0 aliphatic rings. The third-order valence-corrected chi connectivity index (χ3v) is 2.37. The maximum atomic E-state index is 12.7. The van der Waals surface area contributed by atoms with Gasteiger partial charge < -0.3 is 15.7 Å². The molecule has 2 aromatic rings. The van der Waals surface area contributed by atoms with Crippen LogP contribution in [0.3, 0.4) is 0 Å². The zero-order valence-corrected chi connectivity index (χ0v) is 9.55. The second-order valence-corrected chi connectivity index (χ2v) is 3.86. The van der Waals surface area contributed by atoms with Gasteiger partial charge in [-0.2, -0.15) is 26.3 Å². The molecule has 0 amide bonds. The van der Waals surface area contributed by atoms with Crippen LogP contribution in [-0.4, -0.2) is 4.98 Å². The van der Waals surface area contributed by atoms with E-state index in [1.165, 1.54) is 12.1 Å². The molecule has 0 atom stereocenters. The highest BCUT2D eigenvalue weighted by Crippen LogP contribution is 2.38. The minimum Gasteiger partial charge on any atom is -0.432 e. The number of nitrogen functional groups attached to an aromatic ring is 1. The van der Waals surface area contributed by atoms with Crippen LogP contribution < -0.4 is 10.7 Å². The van der Waals surface area contributed by atoms with Crippen molar-refractivity contribution in [2.45, 2.75) is 12.4 Å². The maximum Gasteiger partial charge on any atom is 0.412 e. The van der Waals surface area contributed by atoms with Crippen LogP contribution in [0.25, 0.3) is 11.3 Å². The molecule has 0 saturated carbocycles. The van der Waals surface area contributed by atoms with Crippen molar-refractivity contribution in [2.24, 2.45) is 0 Å². The Morgan fingerprint density at radius 2 is 1.45 bits per heavy atom. The Morgan fingerprint density at radius 1 is 0.900 bits per heavy atom. The second-order valence-electron chi connectivity index (χ2n) is 3.86. The van der Waals surface area contributed by atoms with Gasteiger partial charge in [-0.05, 0) is 23.4 Å². The topological polar surface area (TPSA) is 53.0 Å². The van der Waals surface area contributed by atoms with Gasteiger partial charge in [0.05, 0.1) is 0 Å². The first-order chi connectivity index (χ1) is 9.09. The van der Waals surface area contributed by atoms with Crippen molar-refractivity contribution in [1.82, 2.24) is 9.97 Å². The Bertz CT molecular complexity index is 609. The van der Waals surface area contributed by atoms with Crippen molar-refractivity contribution in [3.8, 4) is 11.3 Å². The van der Waals surface area contributed by atoms with E-state index in [2.05, 4.69) is 9.97 Å². The van der Waals surface area contributed by atoms with E-state index in [-0.39, 0.29) is 11.3 Å². The largest absolute Gasteiger partial charge is 0.432 e. The van der Waals surface area contributed by atoms with Crippen LogP contribution in [0.2, 0.25) is 0 Å². The molecule has 1 aromatic carbocycles. The Kier molecular flexibility index (Phi) is 3.15. The fourth-order valence-electron chi connectivity index (χ4n) is 1.51. The summed E-state index contributed by atoms with van der Waals surface area (Å²) in [5.41, 5.74) is 2.94. The molecule has 0 aliphatic carbocycles. The number of alkyl halides is 6.